The highest BCUT2D eigenvalue weighted by molar-refractivity contribution is 5.79. The third-order valence-corrected chi connectivity index (χ3v) is 5.21. The van der Waals surface area contributed by atoms with E-state index in [4.69, 9.17) is 4.74 Å². The third-order valence-electron chi connectivity index (χ3n) is 5.21. The molecule has 0 bridgehead atoms. The zero-order chi connectivity index (χ0) is 19.1. The van der Waals surface area contributed by atoms with Gasteiger partial charge in [-0.1, -0.05) is 24.3 Å². The molecule has 0 aromatic heterocycles. The number of ether oxygens (including phenoxy) is 1. The molecule has 1 heterocycles. The number of benzene rings is 1. The molecule has 27 heavy (non-hydrogen) atoms. The number of carbonyl (C=O) groups excluding carboxylic acids is 1. The van der Waals surface area contributed by atoms with Crippen LogP contribution in [0.3, 0.4) is 0 Å². The van der Waals surface area contributed by atoms with E-state index in [9.17, 15) is 4.79 Å². The van der Waals surface area contributed by atoms with Crippen LogP contribution in [0.15, 0.2) is 29.3 Å². The largest absolute Gasteiger partial charge is 0.379 e. The fourth-order valence-corrected chi connectivity index (χ4v) is 3.26. The number of carbonyl (C=O) groups is 1. The molecule has 1 saturated carbocycles. The molecule has 1 saturated heterocycles. The van der Waals surface area contributed by atoms with Crippen LogP contribution >= 0.6 is 0 Å². The molecule has 0 spiro atoms. The van der Waals surface area contributed by atoms with E-state index in [1.807, 2.05) is 11.9 Å². The predicted molar refractivity (Wildman–Crippen MR) is 107 cm³/mol. The molecule has 1 aliphatic carbocycles. The van der Waals surface area contributed by atoms with Crippen LogP contribution in [0.2, 0.25) is 0 Å². The molecule has 0 radical (unpaired) electrons. The summed E-state index contributed by atoms with van der Waals surface area (Å²) in [5, 5.41) is 3.40. The lowest BCUT2D eigenvalue weighted by Gasteiger charge is -2.22. The van der Waals surface area contributed by atoms with E-state index in [1.165, 1.54) is 24.0 Å². The first-order chi connectivity index (χ1) is 13.2. The Kier molecular flexibility index (Phi) is 7.10. The van der Waals surface area contributed by atoms with Crippen LogP contribution in [0.1, 0.15) is 36.8 Å². The van der Waals surface area contributed by atoms with Gasteiger partial charge in [0.25, 0.3) is 0 Å². The van der Waals surface area contributed by atoms with Crippen LogP contribution in [0, 0.1) is 5.92 Å². The van der Waals surface area contributed by atoms with E-state index in [0.29, 0.717) is 6.42 Å². The summed E-state index contributed by atoms with van der Waals surface area (Å²) in [5.74, 6) is 1.95. The van der Waals surface area contributed by atoms with Gasteiger partial charge in [-0.25, -0.2) is 0 Å². The minimum atomic E-state index is 0.272. The van der Waals surface area contributed by atoms with Crippen molar-refractivity contribution in [2.45, 2.75) is 38.8 Å². The van der Waals surface area contributed by atoms with Gasteiger partial charge >= 0.3 is 0 Å². The second-order valence-corrected chi connectivity index (χ2v) is 7.58. The highest BCUT2D eigenvalue weighted by Gasteiger charge is 2.21. The average molecular weight is 373 g/mol. The zero-order valence-corrected chi connectivity index (χ0v) is 16.6. The van der Waals surface area contributed by atoms with E-state index < -0.39 is 0 Å². The Hall–Kier alpha value is -2.08. The number of aliphatic imine (C=N–C) groups is 1. The normalized spacial score (nSPS) is 17.5. The minimum Gasteiger partial charge on any atom is -0.379 e. The fraction of sp³-hybridized carbons (Fsp3) is 0.619. The van der Waals surface area contributed by atoms with Gasteiger partial charge in [0.2, 0.25) is 5.91 Å². The van der Waals surface area contributed by atoms with Crippen LogP contribution in [0.5, 0.6) is 0 Å². The molecule has 2 aliphatic rings. The number of likely N-dealkylation sites (N-methyl/N-ethyl adjacent to an activating group) is 1. The Balaban J connectivity index is 1.39. The van der Waals surface area contributed by atoms with Crippen molar-refractivity contribution in [1.29, 1.82) is 0 Å². The van der Waals surface area contributed by atoms with Crippen molar-refractivity contribution >= 4 is 11.9 Å². The molecule has 148 valence electrons. The molecule has 1 aromatic carbocycles. The molecule has 1 amide bonds. The van der Waals surface area contributed by atoms with Crippen LogP contribution < -0.4 is 5.32 Å². The van der Waals surface area contributed by atoms with Crippen molar-refractivity contribution in [1.82, 2.24) is 15.1 Å². The molecule has 6 nitrogen and oxygen atoms in total. The number of guanidine groups is 1. The van der Waals surface area contributed by atoms with Crippen LogP contribution in [0.25, 0.3) is 0 Å². The van der Waals surface area contributed by atoms with Crippen molar-refractivity contribution in [2.75, 3.05) is 40.4 Å². The van der Waals surface area contributed by atoms with Crippen molar-refractivity contribution in [3.05, 3.63) is 35.4 Å². The van der Waals surface area contributed by atoms with Gasteiger partial charge in [0.15, 0.2) is 5.96 Å². The van der Waals surface area contributed by atoms with E-state index in [2.05, 4.69) is 39.5 Å². The molecule has 0 atom stereocenters. The Morgan fingerprint density at radius 3 is 2.67 bits per heavy atom. The summed E-state index contributed by atoms with van der Waals surface area (Å²) in [6.45, 7) is 4.79. The number of nitrogens with zero attached hydrogens (tertiary/aromatic N) is 3. The number of likely N-dealkylation sites (tertiary alicyclic amines) is 1. The second-order valence-electron chi connectivity index (χ2n) is 7.58. The number of hydrogen-bond donors (Lipinski definition) is 1. The first-order valence-corrected chi connectivity index (χ1v) is 10.0. The molecular weight excluding hydrogens is 340 g/mol. The standard InChI is InChI=1S/C21H32N4O2/c1-22-21(24(2)12-13-27-16-19-9-10-19)23-14-17-5-7-18(8-6-17)15-25-11-3-4-20(25)26/h5-8,19H,3-4,9-16H2,1-2H3,(H,22,23). The molecule has 3 rings (SSSR count). The second kappa shape index (κ2) is 9.74. The monoisotopic (exact) mass is 372 g/mol. The van der Waals surface area contributed by atoms with Gasteiger partial charge in [0.05, 0.1) is 6.61 Å². The summed E-state index contributed by atoms with van der Waals surface area (Å²) in [5.41, 5.74) is 2.38. The summed E-state index contributed by atoms with van der Waals surface area (Å²) < 4.78 is 5.71. The lowest BCUT2D eigenvalue weighted by Crippen LogP contribution is -2.40. The van der Waals surface area contributed by atoms with Gasteiger partial charge in [0, 0.05) is 53.3 Å². The molecule has 1 aliphatic heterocycles. The Labute approximate surface area is 162 Å². The maximum absolute atomic E-state index is 11.7. The van der Waals surface area contributed by atoms with Crippen LogP contribution in [0.4, 0.5) is 0 Å². The lowest BCUT2D eigenvalue weighted by molar-refractivity contribution is -0.128. The molecule has 1 N–H and O–H groups in total. The highest BCUT2D eigenvalue weighted by atomic mass is 16.5. The van der Waals surface area contributed by atoms with Gasteiger partial charge in [-0.15, -0.1) is 0 Å². The van der Waals surface area contributed by atoms with E-state index in [0.717, 1.165) is 57.7 Å². The summed E-state index contributed by atoms with van der Waals surface area (Å²) >= 11 is 0. The number of hydrogen-bond acceptors (Lipinski definition) is 3. The summed E-state index contributed by atoms with van der Waals surface area (Å²) in [4.78, 5) is 20.1. The van der Waals surface area contributed by atoms with Gasteiger partial charge in [-0.05, 0) is 36.3 Å². The number of rotatable bonds is 9. The first-order valence-electron chi connectivity index (χ1n) is 10.0. The average Bonchev–Trinajstić information content (AvgIpc) is 3.42. The molecule has 2 fully saturated rings. The van der Waals surface area contributed by atoms with Gasteiger partial charge in [-0.3, -0.25) is 9.79 Å². The van der Waals surface area contributed by atoms with Crippen LogP contribution in [-0.4, -0.2) is 62.1 Å². The maximum Gasteiger partial charge on any atom is 0.222 e. The highest BCUT2D eigenvalue weighted by Crippen LogP contribution is 2.28. The summed E-state index contributed by atoms with van der Waals surface area (Å²) in [6, 6.07) is 8.46. The molecule has 1 aromatic rings. The van der Waals surface area contributed by atoms with E-state index >= 15 is 0 Å². The van der Waals surface area contributed by atoms with Crippen molar-refractivity contribution in [3.8, 4) is 0 Å². The topological polar surface area (TPSA) is 57.2 Å². The summed E-state index contributed by atoms with van der Waals surface area (Å²) in [6.07, 6.45) is 4.33. The van der Waals surface area contributed by atoms with Gasteiger partial charge < -0.3 is 19.9 Å². The van der Waals surface area contributed by atoms with Crippen LogP contribution in [-0.2, 0) is 22.6 Å². The summed E-state index contributed by atoms with van der Waals surface area (Å²) in [7, 11) is 3.84. The predicted octanol–water partition coefficient (Wildman–Crippen LogP) is 2.24. The zero-order valence-electron chi connectivity index (χ0n) is 16.6. The van der Waals surface area contributed by atoms with Crippen molar-refractivity contribution < 1.29 is 9.53 Å². The Morgan fingerprint density at radius 2 is 2.04 bits per heavy atom. The number of amides is 1. The molecular formula is C21H32N4O2. The fourth-order valence-electron chi connectivity index (χ4n) is 3.26. The van der Waals surface area contributed by atoms with E-state index in [-0.39, 0.29) is 5.91 Å². The van der Waals surface area contributed by atoms with E-state index in [1.54, 1.807) is 7.05 Å². The SMILES string of the molecule is CN=C(NCc1ccc(CN2CCCC2=O)cc1)N(C)CCOCC1CC1. The molecule has 0 unspecified atom stereocenters. The van der Waals surface area contributed by atoms with Gasteiger partial charge in [0.1, 0.15) is 0 Å². The number of nitrogens with one attached hydrogen (secondary N) is 1. The van der Waals surface area contributed by atoms with Gasteiger partial charge in [-0.2, -0.15) is 0 Å². The quantitative estimate of drug-likeness (QED) is 0.410. The third kappa shape index (κ3) is 6.24. The molecule has 6 heteroatoms. The Morgan fingerprint density at radius 1 is 1.30 bits per heavy atom. The maximum atomic E-state index is 11.7. The smallest absolute Gasteiger partial charge is 0.222 e. The first kappa shape index (κ1) is 19.7. The lowest BCUT2D eigenvalue weighted by atomic mass is 10.1. The minimum absolute atomic E-state index is 0.272. The Bertz CT molecular complexity index is 640. The van der Waals surface area contributed by atoms with Crippen molar-refractivity contribution in [3.63, 3.8) is 0 Å². The van der Waals surface area contributed by atoms with Crippen molar-refractivity contribution in [2.24, 2.45) is 10.9 Å².